The van der Waals surface area contributed by atoms with E-state index in [4.69, 9.17) is 14.2 Å². The number of aromatic carboxylic acids is 1. The molecule has 0 atom stereocenters. The molecule has 0 aliphatic rings. The van der Waals surface area contributed by atoms with Gasteiger partial charge in [0.05, 0.1) is 11.1 Å². The molecule has 0 heterocycles. The first-order chi connectivity index (χ1) is 8.93. The van der Waals surface area contributed by atoms with Crippen LogP contribution in [-0.2, 0) is 24.7 Å². The first-order valence-electron chi connectivity index (χ1n) is 4.48. The zero-order valence-corrected chi connectivity index (χ0v) is 10.9. The maximum atomic E-state index is 11.4. The van der Waals surface area contributed by atoms with E-state index in [0.717, 1.165) is 12.1 Å². The van der Waals surface area contributed by atoms with Gasteiger partial charge in [-0.1, -0.05) is 6.07 Å². The molecule has 0 aromatic heterocycles. The van der Waals surface area contributed by atoms with Crippen molar-refractivity contribution in [1.82, 2.24) is 0 Å². The second-order valence-electron chi connectivity index (χ2n) is 3.26. The molecule has 0 bridgehead atoms. The van der Waals surface area contributed by atoms with Crippen molar-refractivity contribution in [2.24, 2.45) is 0 Å². The lowest BCUT2D eigenvalue weighted by Crippen LogP contribution is -2.18. The average molecular weight is 326 g/mol. The normalized spacial score (nSPS) is 11.9. The summed E-state index contributed by atoms with van der Waals surface area (Å²) in [6.45, 7) is 0. The fourth-order valence-corrected chi connectivity index (χ4v) is 2.43. The molecule has 12 heteroatoms. The van der Waals surface area contributed by atoms with Gasteiger partial charge in [0.25, 0.3) is 10.1 Å². The van der Waals surface area contributed by atoms with Gasteiger partial charge in [-0.3, -0.25) is 9.11 Å². The molecule has 110 valence electrons. The molecule has 0 amide bonds. The van der Waals surface area contributed by atoms with Crippen molar-refractivity contribution in [2.75, 3.05) is 0 Å². The number of carboxylic acids is 1. The van der Waals surface area contributed by atoms with Crippen LogP contribution < -0.4 is 0 Å². The smallest absolute Gasteiger partial charge is 0.449 e. The topological polar surface area (TPSA) is 172 Å². The maximum Gasteiger partial charge on any atom is 0.449 e. The van der Waals surface area contributed by atoms with E-state index in [2.05, 4.69) is 4.18 Å². The summed E-state index contributed by atoms with van der Waals surface area (Å²) in [6.07, 6.45) is 0. The highest BCUT2D eigenvalue weighted by Crippen LogP contribution is 2.22. The van der Waals surface area contributed by atoms with Crippen LogP contribution in [0.15, 0.2) is 23.1 Å². The van der Waals surface area contributed by atoms with Crippen molar-refractivity contribution in [1.29, 1.82) is 0 Å². The Morgan fingerprint density at radius 3 is 1.90 bits per heavy atom. The van der Waals surface area contributed by atoms with Crippen LogP contribution in [0.2, 0.25) is 0 Å². The van der Waals surface area contributed by atoms with Gasteiger partial charge in [-0.15, -0.1) is 0 Å². The summed E-state index contributed by atoms with van der Waals surface area (Å²) in [6, 6.07) is 2.37. The minimum Gasteiger partial charge on any atom is -0.478 e. The van der Waals surface area contributed by atoms with Crippen LogP contribution in [0.5, 0.6) is 0 Å². The van der Waals surface area contributed by atoms with Gasteiger partial charge in [-0.05, 0) is 12.1 Å². The number of carbonyl (C=O) groups excluding carboxylic acids is 1. The molecule has 0 unspecified atom stereocenters. The predicted molar refractivity (Wildman–Crippen MR) is 60.2 cm³/mol. The monoisotopic (exact) mass is 326 g/mol. The highest BCUT2D eigenvalue weighted by Gasteiger charge is 2.29. The summed E-state index contributed by atoms with van der Waals surface area (Å²) in [5.41, 5.74) is -2.04. The summed E-state index contributed by atoms with van der Waals surface area (Å²) in [5.74, 6) is -3.66. The molecule has 0 aliphatic carbocycles. The minimum absolute atomic E-state index is 0.697. The van der Waals surface area contributed by atoms with Gasteiger partial charge < -0.3 is 9.29 Å². The third-order valence-corrected chi connectivity index (χ3v) is 3.22. The quantitative estimate of drug-likeness (QED) is 0.617. The molecule has 0 saturated heterocycles. The maximum absolute atomic E-state index is 11.4. The molecule has 3 N–H and O–H groups in total. The van der Waals surface area contributed by atoms with Gasteiger partial charge in [-0.2, -0.15) is 16.8 Å². The van der Waals surface area contributed by atoms with Crippen LogP contribution in [0, 0.1) is 0 Å². The number of hydrogen-bond acceptors (Lipinski definition) is 7. The molecule has 0 aliphatic heterocycles. The fraction of sp³-hybridized carbons (Fsp3) is 0. The molecular formula is C8H6O10S2. The molecule has 10 nitrogen and oxygen atoms in total. The second kappa shape index (κ2) is 5.16. The Balaban J connectivity index is 3.61. The molecule has 20 heavy (non-hydrogen) atoms. The third-order valence-electron chi connectivity index (χ3n) is 1.90. The summed E-state index contributed by atoms with van der Waals surface area (Å²) in [4.78, 5) is 20.9. The van der Waals surface area contributed by atoms with E-state index < -0.39 is 48.5 Å². The van der Waals surface area contributed by atoms with Gasteiger partial charge in [0, 0.05) is 0 Å². The Morgan fingerprint density at radius 1 is 1.00 bits per heavy atom. The van der Waals surface area contributed by atoms with Crippen LogP contribution in [0.25, 0.3) is 0 Å². The van der Waals surface area contributed by atoms with Crippen LogP contribution in [0.4, 0.5) is 0 Å². The molecule has 1 aromatic rings. The van der Waals surface area contributed by atoms with Crippen LogP contribution in [0.3, 0.4) is 0 Å². The van der Waals surface area contributed by atoms with Gasteiger partial charge in [0.2, 0.25) is 0 Å². The molecule has 0 fully saturated rings. The average Bonchev–Trinajstić information content (AvgIpc) is 2.24. The minimum atomic E-state index is -5.24. The third kappa shape index (κ3) is 3.74. The number of rotatable bonds is 4. The van der Waals surface area contributed by atoms with Gasteiger partial charge >= 0.3 is 22.3 Å². The number of carbonyl (C=O) groups is 2. The van der Waals surface area contributed by atoms with E-state index in [0.29, 0.717) is 6.07 Å². The van der Waals surface area contributed by atoms with Gasteiger partial charge in [-0.25, -0.2) is 9.59 Å². The van der Waals surface area contributed by atoms with E-state index in [1.165, 1.54) is 0 Å². The molecule has 0 radical (unpaired) electrons. The van der Waals surface area contributed by atoms with Crippen molar-refractivity contribution in [3.8, 4) is 0 Å². The SMILES string of the molecule is O=C(O)c1cccc(C(=O)OS(=O)(=O)O)c1S(=O)(=O)O. The zero-order valence-electron chi connectivity index (χ0n) is 9.25. The molecule has 0 spiro atoms. The zero-order chi connectivity index (χ0) is 15.7. The molecule has 1 rings (SSSR count). The summed E-state index contributed by atoms with van der Waals surface area (Å²) in [7, 11) is -10.4. The molecule has 0 saturated carbocycles. The molecular weight excluding hydrogens is 320 g/mol. The van der Waals surface area contributed by atoms with Gasteiger partial charge in [0.15, 0.2) is 0 Å². The van der Waals surface area contributed by atoms with Crippen LogP contribution in [-0.4, -0.2) is 43.0 Å². The van der Waals surface area contributed by atoms with Crippen molar-refractivity contribution in [2.45, 2.75) is 4.90 Å². The summed E-state index contributed by atoms with van der Waals surface area (Å²) in [5, 5.41) is 8.77. The van der Waals surface area contributed by atoms with Crippen LogP contribution in [0.1, 0.15) is 20.7 Å². The van der Waals surface area contributed by atoms with Crippen LogP contribution >= 0.6 is 0 Å². The van der Waals surface area contributed by atoms with E-state index in [1.807, 2.05) is 0 Å². The Labute approximate surface area is 112 Å². The lowest BCUT2D eigenvalue weighted by atomic mass is 10.1. The molecule has 1 aromatic carbocycles. The highest BCUT2D eigenvalue weighted by molar-refractivity contribution is 7.86. The largest absolute Gasteiger partial charge is 0.478 e. The van der Waals surface area contributed by atoms with Crippen molar-refractivity contribution >= 4 is 32.5 Å². The second-order valence-corrected chi connectivity index (χ2v) is 5.64. The van der Waals surface area contributed by atoms with Crippen molar-refractivity contribution in [3.63, 3.8) is 0 Å². The lowest BCUT2D eigenvalue weighted by molar-refractivity contribution is 0.0692. The van der Waals surface area contributed by atoms with E-state index in [-0.39, 0.29) is 0 Å². The van der Waals surface area contributed by atoms with Gasteiger partial charge in [0.1, 0.15) is 4.90 Å². The predicted octanol–water partition coefficient (Wildman–Crippen LogP) is -0.409. The summed E-state index contributed by atoms with van der Waals surface area (Å²) >= 11 is 0. The highest BCUT2D eigenvalue weighted by atomic mass is 32.3. The standard InChI is InChI=1S/C8H6O10S2/c9-7(10)4-2-1-3-5(6(4)19(12,13)14)8(11)18-20(15,16)17/h1-3H,(H,9,10)(H,12,13,14)(H,15,16,17). The first-order valence-corrected chi connectivity index (χ1v) is 7.29. The van der Waals surface area contributed by atoms with E-state index in [1.54, 1.807) is 0 Å². The number of benzene rings is 1. The Kier molecular flexibility index (Phi) is 4.14. The van der Waals surface area contributed by atoms with Crippen molar-refractivity contribution in [3.05, 3.63) is 29.3 Å². The Morgan fingerprint density at radius 2 is 1.50 bits per heavy atom. The Bertz CT molecular complexity index is 773. The number of carboxylic acid groups (broad SMARTS) is 1. The summed E-state index contributed by atoms with van der Waals surface area (Å²) < 4.78 is 63.8. The van der Waals surface area contributed by atoms with E-state index >= 15 is 0 Å². The first kappa shape index (κ1) is 16.0. The number of hydrogen-bond donors (Lipinski definition) is 3. The Hall–Kier alpha value is -2.02. The van der Waals surface area contributed by atoms with E-state index in [9.17, 15) is 26.4 Å². The fourth-order valence-electron chi connectivity index (χ4n) is 1.28. The van der Waals surface area contributed by atoms with Crippen molar-refractivity contribution < 1.29 is 44.8 Å². The lowest BCUT2D eigenvalue weighted by Gasteiger charge is -2.08.